The normalized spacial score (nSPS) is 22.7. The predicted molar refractivity (Wildman–Crippen MR) is 79.9 cm³/mol. The average Bonchev–Trinajstić information content (AvgIpc) is 2.49. The van der Waals surface area contributed by atoms with Crippen molar-refractivity contribution < 1.29 is 4.74 Å². The Kier molecular flexibility index (Phi) is 3.69. The van der Waals surface area contributed by atoms with Crippen LogP contribution in [0.3, 0.4) is 0 Å². The van der Waals surface area contributed by atoms with Crippen molar-refractivity contribution in [2.24, 2.45) is 5.73 Å². The molecule has 1 saturated carbocycles. The number of ether oxygens (including phenoxy) is 1. The van der Waals surface area contributed by atoms with Crippen LogP contribution in [0.5, 0.6) is 5.88 Å². The Morgan fingerprint density at radius 1 is 1.15 bits per heavy atom. The predicted octanol–water partition coefficient (Wildman–Crippen LogP) is 2.32. The summed E-state index contributed by atoms with van der Waals surface area (Å²) in [5.41, 5.74) is 7.88. The Balaban J connectivity index is 1.92. The molecule has 1 aliphatic rings. The lowest BCUT2D eigenvalue weighted by Crippen LogP contribution is -2.42. The molecule has 0 aliphatic heterocycles. The molecule has 0 unspecified atom stereocenters. The Morgan fingerprint density at radius 2 is 1.85 bits per heavy atom. The fraction of sp³-hybridized carbons (Fsp3) is 0.467. The van der Waals surface area contributed by atoms with Gasteiger partial charge in [-0.2, -0.15) is 0 Å². The summed E-state index contributed by atoms with van der Waals surface area (Å²) in [6, 6.07) is 8.20. The molecule has 1 fully saturated rings. The number of fused-ring (bicyclic) bond motifs is 1. The van der Waals surface area contributed by atoms with E-state index in [2.05, 4.69) is 15.3 Å². The molecule has 20 heavy (non-hydrogen) atoms. The van der Waals surface area contributed by atoms with Gasteiger partial charge in [0.2, 0.25) is 0 Å². The lowest BCUT2D eigenvalue weighted by Gasteiger charge is -2.30. The second-order valence-corrected chi connectivity index (χ2v) is 5.27. The van der Waals surface area contributed by atoms with Crippen molar-refractivity contribution in [1.29, 1.82) is 0 Å². The largest absolute Gasteiger partial charge is 0.478 e. The number of anilines is 1. The van der Waals surface area contributed by atoms with Crippen molar-refractivity contribution in [3.05, 3.63) is 24.3 Å². The van der Waals surface area contributed by atoms with Gasteiger partial charge in [-0.3, -0.25) is 0 Å². The fourth-order valence-corrected chi connectivity index (χ4v) is 2.73. The first-order valence-electron chi connectivity index (χ1n) is 7.11. The molecule has 3 rings (SSSR count). The molecular weight excluding hydrogens is 252 g/mol. The summed E-state index contributed by atoms with van der Waals surface area (Å²) in [5.74, 6) is 1.22. The minimum absolute atomic E-state index is 0.168. The van der Waals surface area contributed by atoms with E-state index in [4.69, 9.17) is 10.5 Å². The highest BCUT2D eigenvalue weighted by Crippen LogP contribution is 2.27. The Morgan fingerprint density at radius 3 is 2.55 bits per heavy atom. The SMILES string of the molecule is COc1nc2ccccc2nc1N[C@@H]1CCCC[C@H]1N. The standard InChI is InChI=1S/C15H20N4O/c1-20-15-14(17-11-7-3-2-6-10(11)16)18-12-8-4-5-9-13(12)19-15/h4-5,8-11H,2-3,6-7,16H2,1H3,(H,17,18)/t10-,11-/m1/s1. The van der Waals surface area contributed by atoms with Gasteiger partial charge in [0, 0.05) is 12.1 Å². The van der Waals surface area contributed by atoms with Crippen molar-refractivity contribution >= 4 is 16.9 Å². The van der Waals surface area contributed by atoms with E-state index in [1.54, 1.807) is 7.11 Å². The summed E-state index contributed by atoms with van der Waals surface area (Å²) in [6.07, 6.45) is 4.54. The molecule has 106 valence electrons. The second kappa shape index (κ2) is 5.63. The lowest BCUT2D eigenvalue weighted by atomic mass is 9.91. The van der Waals surface area contributed by atoms with Crippen LogP contribution >= 0.6 is 0 Å². The zero-order valence-corrected chi connectivity index (χ0v) is 11.7. The number of nitrogens with one attached hydrogen (secondary N) is 1. The minimum Gasteiger partial charge on any atom is -0.478 e. The zero-order chi connectivity index (χ0) is 13.9. The van der Waals surface area contributed by atoms with Crippen LogP contribution in [0.25, 0.3) is 11.0 Å². The van der Waals surface area contributed by atoms with E-state index >= 15 is 0 Å². The van der Waals surface area contributed by atoms with Crippen molar-refractivity contribution in [3.63, 3.8) is 0 Å². The van der Waals surface area contributed by atoms with E-state index in [9.17, 15) is 0 Å². The van der Waals surface area contributed by atoms with E-state index < -0.39 is 0 Å². The lowest BCUT2D eigenvalue weighted by molar-refractivity contribution is 0.387. The number of methoxy groups -OCH3 is 1. The summed E-state index contributed by atoms with van der Waals surface area (Å²) in [4.78, 5) is 9.12. The Hall–Kier alpha value is -1.88. The average molecular weight is 272 g/mol. The van der Waals surface area contributed by atoms with Crippen LogP contribution in [0.15, 0.2) is 24.3 Å². The molecule has 2 atom stereocenters. The van der Waals surface area contributed by atoms with Crippen molar-refractivity contribution in [1.82, 2.24) is 9.97 Å². The fourth-order valence-electron chi connectivity index (χ4n) is 2.73. The van der Waals surface area contributed by atoms with Gasteiger partial charge in [0.05, 0.1) is 18.1 Å². The van der Waals surface area contributed by atoms with Gasteiger partial charge in [-0.25, -0.2) is 9.97 Å². The third-order valence-corrected chi connectivity index (χ3v) is 3.87. The van der Waals surface area contributed by atoms with Gasteiger partial charge in [-0.15, -0.1) is 0 Å². The topological polar surface area (TPSA) is 73.1 Å². The van der Waals surface area contributed by atoms with Crippen LogP contribution < -0.4 is 15.8 Å². The second-order valence-electron chi connectivity index (χ2n) is 5.27. The minimum atomic E-state index is 0.168. The quantitative estimate of drug-likeness (QED) is 0.897. The van der Waals surface area contributed by atoms with E-state index in [0.29, 0.717) is 11.7 Å². The number of nitrogens with zero attached hydrogens (tertiary/aromatic N) is 2. The summed E-state index contributed by atoms with van der Waals surface area (Å²) < 4.78 is 5.35. The van der Waals surface area contributed by atoms with Gasteiger partial charge in [0.1, 0.15) is 0 Å². The summed E-state index contributed by atoms with van der Waals surface area (Å²) in [5, 5.41) is 3.42. The number of hydrogen-bond donors (Lipinski definition) is 2. The maximum Gasteiger partial charge on any atom is 0.257 e. The summed E-state index contributed by atoms with van der Waals surface area (Å²) in [6.45, 7) is 0. The van der Waals surface area contributed by atoms with Crippen LogP contribution in [-0.2, 0) is 0 Å². The van der Waals surface area contributed by atoms with Gasteiger partial charge < -0.3 is 15.8 Å². The Bertz CT molecular complexity index is 601. The molecule has 1 aromatic heterocycles. The van der Waals surface area contributed by atoms with E-state index in [1.807, 2.05) is 24.3 Å². The monoisotopic (exact) mass is 272 g/mol. The van der Waals surface area contributed by atoms with Crippen molar-refractivity contribution in [3.8, 4) is 5.88 Å². The maximum atomic E-state index is 6.18. The number of nitrogens with two attached hydrogens (primary N) is 1. The van der Waals surface area contributed by atoms with Crippen molar-refractivity contribution in [2.75, 3.05) is 12.4 Å². The molecule has 3 N–H and O–H groups in total. The molecule has 0 bridgehead atoms. The first-order chi connectivity index (χ1) is 9.78. The highest BCUT2D eigenvalue weighted by molar-refractivity contribution is 5.77. The number of para-hydroxylation sites is 2. The number of aromatic nitrogens is 2. The molecule has 0 radical (unpaired) electrons. The Labute approximate surface area is 118 Å². The van der Waals surface area contributed by atoms with Gasteiger partial charge in [-0.1, -0.05) is 25.0 Å². The van der Waals surface area contributed by atoms with Gasteiger partial charge in [0.25, 0.3) is 5.88 Å². The molecule has 0 amide bonds. The van der Waals surface area contributed by atoms with Crippen LogP contribution in [0.1, 0.15) is 25.7 Å². The van der Waals surface area contributed by atoms with Crippen LogP contribution in [0.2, 0.25) is 0 Å². The van der Waals surface area contributed by atoms with Crippen LogP contribution in [-0.4, -0.2) is 29.2 Å². The molecule has 1 heterocycles. The molecule has 1 aliphatic carbocycles. The molecular formula is C15H20N4O. The van der Waals surface area contributed by atoms with Gasteiger partial charge in [0.15, 0.2) is 5.82 Å². The highest BCUT2D eigenvalue weighted by Gasteiger charge is 2.23. The first kappa shape index (κ1) is 13.1. The van der Waals surface area contributed by atoms with E-state index in [-0.39, 0.29) is 12.1 Å². The molecule has 0 saturated heterocycles. The van der Waals surface area contributed by atoms with Crippen molar-refractivity contribution in [2.45, 2.75) is 37.8 Å². The van der Waals surface area contributed by atoms with E-state index in [0.717, 1.165) is 23.9 Å². The van der Waals surface area contributed by atoms with Crippen LogP contribution in [0, 0.1) is 0 Å². The van der Waals surface area contributed by atoms with Gasteiger partial charge >= 0.3 is 0 Å². The molecule has 5 heteroatoms. The highest BCUT2D eigenvalue weighted by atomic mass is 16.5. The smallest absolute Gasteiger partial charge is 0.257 e. The van der Waals surface area contributed by atoms with Crippen LogP contribution in [0.4, 0.5) is 5.82 Å². The molecule has 2 aromatic rings. The maximum absolute atomic E-state index is 6.18. The molecule has 1 aromatic carbocycles. The number of rotatable bonds is 3. The summed E-state index contributed by atoms with van der Waals surface area (Å²) >= 11 is 0. The number of benzene rings is 1. The molecule has 5 nitrogen and oxygen atoms in total. The third kappa shape index (κ3) is 2.54. The summed E-state index contributed by atoms with van der Waals surface area (Å²) in [7, 11) is 1.62. The zero-order valence-electron chi connectivity index (χ0n) is 11.7. The number of hydrogen-bond acceptors (Lipinski definition) is 5. The van der Waals surface area contributed by atoms with Gasteiger partial charge in [-0.05, 0) is 25.0 Å². The molecule has 0 spiro atoms. The third-order valence-electron chi connectivity index (χ3n) is 3.87. The van der Waals surface area contributed by atoms with E-state index in [1.165, 1.54) is 12.8 Å². The first-order valence-corrected chi connectivity index (χ1v) is 7.11.